The fraction of sp³-hybridized carbons (Fsp3) is 0.167. The molecular formula is C24H21BrClN. The summed E-state index contributed by atoms with van der Waals surface area (Å²) >= 11 is 10.2. The second kappa shape index (κ2) is 6.85. The smallest absolute Gasteiger partial charge is 0.0540 e. The van der Waals surface area contributed by atoms with Gasteiger partial charge in [0.2, 0.25) is 0 Å². The molecule has 1 nitrogen and oxygen atoms in total. The SMILES string of the molecule is CC(C)(C)c1ccc2c(c1)c(Br)cn2-c1cc(Cl)cc(-c2ccccc2)c1. The highest BCUT2D eigenvalue weighted by Gasteiger charge is 2.17. The van der Waals surface area contributed by atoms with Crippen LogP contribution < -0.4 is 0 Å². The monoisotopic (exact) mass is 437 g/mol. The van der Waals surface area contributed by atoms with Gasteiger partial charge in [0, 0.05) is 26.8 Å². The summed E-state index contributed by atoms with van der Waals surface area (Å²) in [6.07, 6.45) is 2.12. The summed E-state index contributed by atoms with van der Waals surface area (Å²) in [4.78, 5) is 0. The number of halogens is 2. The van der Waals surface area contributed by atoms with Gasteiger partial charge < -0.3 is 4.57 Å². The van der Waals surface area contributed by atoms with Crippen molar-refractivity contribution in [1.29, 1.82) is 0 Å². The summed E-state index contributed by atoms with van der Waals surface area (Å²) in [6.45, 7) is 6.71. The van der Waals surface area contributed by atoms with Gasteiger partial charge in [0.15, 0.2) is 0 Å². The standard InChI is InChI=1S/C24H21BrClN/c1-24(2,3)18-9-10-23-21(13-18)22(25)15-27(23)20-12-17(11-19(26)14-20)16-7-5-4-6-8-16/h4-15H,1-3H3. The fourth-order valence-corrected chi connectivity index (χ4v) is 4.13. The summed E-state index contributed by atoms with van der Waals surface area (Å²) in [7, 11) is 0. The largest absolute Gasteiger partial charge is 0.315 e. The molecule has 0 aliphatic carbocycles. The van der Waals surface area contributed by atoms with Crippen molar-refractivity contribution in [2.75, 3.05) is 0 Å². The van der Waals surface area contributed by atoms with Gasteiger partial charge in [-0.1, -0.05) is 68.8 Å². The average Bonchev–Trinajstić information content (AvgIpc) is 2.98. The van der Waals surface area contributed by atoms with Gasteiger partial charge in [-0.05, 0) is 68.4 Å². The third-order valence-corrected chi connectivity index (χ3v) is 5.74. The summed E-state index contributed by atoms with van der Waals surface area (Å²) in [5.74, 6) is 0. The second-order valence-electron chi connectivity index (χ2n) is 7.89. The zero-order valence-corrected chi connectivity index (χ0v) is 18.0. The van der Waals surface area contributed by atoms with Crippen molar-refractivity contribution < 1.29 is 0 Å². The highest BCUT2D eigenvalue weighted by Crippen LogP contribution is 2.35. The molecule has 0 saturated carbocycles. The van der Waals surface area contributed by atoms with Crippen LogP contribution in [0.3, 0.4) is 0 Å². The van der Waals surface area contributed by atoms with Crippen LogP contribution >= 0.6 is 27.5 Å². The lowest BCUT2D eigenvalue weighted by molar-refractivity contribution is 0.591. The van der Waals surface area contributed by atoms with Crippen LogP contribution in [0.4, 0.5) is 0 Å². The molecule has 136 valence electrons. The molecule has 0 bridgehead atoms. The van der Waals surface area contributed by atoms with Crippen molar-refractivity contribution in [2.45, 2.75) is 26.2 Å². The van der Waals surface area contributed by atoms with Gasteiger partial charge in [-0.25, -0.2) is 0 Å². The topological polar surface area (TPSA) is 4.93 Å². The van der Waals surface area contributed by atoms with Crippen LogP contribution in [0.2, 0.25) is 5.02 Å². The summed E-state index contributed by atoms with van der Waals surface area (Å²) in [5, 5.41) is 1.94. The van der Waals surface area contributed by atoms with Crippen LogP contribution in [0.1, 0.15) is 26.3 Å². The minimum Gasteiger partial charge on any atom is -0.315 e. The minimum absolute atomic E-state index is 0.117. The number of fused-ring (bicyclic) bond motifs is 1. The Morgan fingerprint density at radius 2 is 1.59 bits per heavy atom. The van der Waals surface area contributed by atoms with E-state index in [1.165, 1.54) is 10.9 Å². The Labute approximate surface area is 173 Å². The molecule has 0 spiro atoms. The molecule has 0 aliphatic heterocycles. The maximum Gasteiger partial charge on any atom is 0.0540 e. The molecule has 27 heavy (non-hydrogen) atoms. The minimum atomic E-state index is 0.117. The van der Waals surface area contributed by atoms with Gasteiger partial charge in [-0.3, -0.25) is 0 Å². The van der Waals surface area contributed by atoms with Crippen LogP contribution in [-0.4, -0.2) is 4.57 Å². The van der Waals surface area contributed by atoms with E-state index in [-0.39, 0.29) is 5.41 Å². The number of benzene rings is 3. The van der Waals surface area contributed by atoms with Gasteiger partial charge in [0.05, 0.1) is 5.52 Å². The zero-order chi connectivity index (χ0) is 19.2. The fourth-order valence-electron chi connectivity index (χ4n) is 3.38. The predicted molar refractivity (Wildman–Crippen MR) is 120 cm³/mol. The van der Waals surface area contributed by atoms with E-state index < -0.39 is 0 Å². The van der Waals surface area contributed by atoms with Gasteiger partial charge in [-0.15, -0.1) is 0 Å². The van der Waals surface area contributed by atoms with Crippen molar-refractivity contribution in [3.63, 3.8) is 0 Å². The average molecular weight is 439 g/mol. The maximum atomic E-state index is 6.47. The lowest BCUT2D eigenvalue weighted by Gasteiger charge is -2.19. The summed E-state index contributed by atoms with van der Waals surface area (Å²) in [6, 6.07) is 23.2. The van der Waals surface area contributed by atoms with Gasteiger partial charge in [0.1, 0.15) is 0 Å². The Morgan fingerprint density at radius 3 is 2.30 bits per heavy atom. The van der Waals surface area contributed by atoms with Crippen LogP contribution in [0.5, 0.6) is 0 Å². The summed E-state index contributed by atoms with van der Waals surface area (Å²) < 4.78 is 3.29. The van der Waals surface area contributed by atoms with Crippen LogP contribution in [-0.2, 0) is 5.41 Å². The number of hydrogen-bond acceptors (Lipinski definition) is 0. The molecule has 0 aliphatic rings. The maximum absolute atomic E-state index is 6.47. The van der Waals surface area contributed by atoms with Crippen LogP contribution in [0, 0.1) is 0 Å². The van der Waals surface area contributed by atoms with E-state index in [0.717, 1.165) is 31.8 Å². The van der Waals surface area contributed by atoms with Crippen molar-refractivity contribution in [2.24, 2.45) is 0 Å². The van der Waals surface area contributed by atoms with Crippen molar-refractivity contribution >= 4 is 38.4 Å². The molecule has 4 rings (SSSR count). The molecule has 0 N–H and O–H groups in total. The first-order valence-electron chi connectivity index (χ1n) is 9.00. The van der Waals surface area contributed by atoms with Gasteiger partial charge >= 0.3 is 0 Å². The number of hydrogen-bond donors (Lipinski definition) is 0. The zero-order valence-electron chi connectivity index (χ0n) is 15.6. The molecule has 0 saturated heterocycles. The normalized spacial score (nSPS) is 11.9. The van der Waals surface area contributed by atoms with Crippen molar-refractivity contribution in [3.8, 4) is 16.8 Å². The lowest BCUT2D eigenvalue weighted by atomic mass is 9.86. The molecule has 1 aromatic heterocycles. The Bertz CT molecular complexity index is 1120. The van der Waals surface area contributed by atoms with E-state index in [1.807, 2.05) is 30.3 Å². The number of nitrogens with zero attached hydrogens (tertiary/aromatic N) is 1. The third kappa shape index (κ3) is 3.56. The van der Waals surface area contributed by atoms with Gasteiger partial charge in [0.25, 0.3) is 0 Å². The quantitative estimate of drug-likeness (QED) is 0.298. The van der Waals surface area contributed by atoms with Gasteiger partial charge in [-0.2, -0.15) is 0 Å². The van der Waals surface area contributed by atoms with Crippen LogP contribution in [0.15, 0.2) is 77.4 Å². The van der Waals surface area contributed by atoms with Crippen LogP contribution in [0.25, 0.3) is 27.7 Å². The summed E-state index contributed by atoms with van der Waals surface area (Å²) in [5.41, 5.74) is 5.93. The third-order valence-electron chi connectivity index (χ3n) is 4.89. The molecular weight excluding hydrogens is 418 g/mol. The molecule has 0 amide bonds. The van der Waals surface area contributed by atoms with E-state index in [2.05, 4.69) is 83.9 Å². The molecule has 0 fully saturated rings. The van der Waals surface area contributed by atoms with E-state index in [4.69, 9.17) is 11.6 Å². The first kappa shape index (κ1) is 18.3. The highest BCUT2D eigenvalue weighted by molar-refractivity contribution is 9.10. The molecule has 0 atom stereocenters. The first-order valence-corrected chi connectivity index (χ1v) is 10.2. The van der Waals surface area contributed by atoms with E-state index in [0.29, 0.717) is 0 Å². The first-order chi connectivity index (χ1) is 12.8. The highest BCUT2D eigenvalue weighted by atomic mass is 79.9. The van der Waals surface area contributed by atoms with E-state index in [9.17, 15) is 0 Å². The number of aromatic nitrogens is 1. The molecule has 4 aromatic rings. The number of rotatable bonds is 2. The van der Waals surface area contributed by atoms with E-state index in [1.54, 1.807) is 0 Å². The van der Waals surface area contributed by atoms with E-state index >= 15 is 0 Å². The Hall–Kier alpha value is -2.03. The van der Waals surface area contributed by atoms with Crippen molar-refractivity contribution in [1.82, 2.24) is 4.57 Å². The molecule has 0 radical (unpaired) electrons. The molecule has 3 heteroatoms. The molecule has 0 unspecified atom stereocenters. The van der Waals surface area contributed by atoms with Crippen molar-refractivity contribution in [3.05, 3.63) is 88.0 Å². The predicted octanol–water partition coefficient (Wildman–Crippen LogP) is 8.01. The lowest BCUT2D eigenvalue weighted by Crippen LogP contribution is -2.10. The Balaban J connectivity index is 1.89. The Morgan fingerprint density at radius 1 is 0.852 bits per heavy atom. The molecule has 3 aromatic carbocycles. The second-order valence-corrected chi connectivity index (χ2v) is 9.18. The Kier molecular flexibility index (Phi) is 4.65. The molecule has 1 heterocycles.